The fourth-order valence-corrected chi connectivity index (χ4v) is 1.48. The van der Waals surface area contributed by atoms with Crippen LogP contribution in [0.2, 0.25) is 0 Å². The minimum atomic E-state index is -1.12. The second-order valence-electron chi connectivity index (χ2n) is 3.47. The zero-order valence-corrected chi connectivity index (χ0v) is 8.51. The van der Waals surface area contributed by atoms with Crippen LogP contribution in [0.1, 0.15) is 11.6 Å². The Bertz CT molecular complexity index is 611. The minimum Gasteiger partial charge on any atom is -0.480 e. The predicted octanol–water partition coefficient (Wildman–Crippen LogP) is 0.216. The molecule has 0 aliphatic heterocycles. The molecule has 6 nitrogen and oxygen atoms in total. The van der Waals surface area contributed by atoms with Crippen molar-refractivity contribution in [1.82, 2.24) is 4.57 Å². The summed E-state index contributed by atoms with van der Waals surface area (Å²) in [6.45, 7) is 0. The first-order valence-corrected chi connectivity index (χ1v) is 4.58. The molecule has 0 aliphatic carbocycles. The summed E-state index contributed by atoms with van der Waals surface area (Å²) in [5.41, 5.74) is 6.83. The standard InChI is InChI=1S/C10H10N2O4/c1-12-6-4-5(8(11)9(13)14)2-3-7(6)16-10(12)15/h2-4,8H,11H2,1H3,(H,13,14). The van der Waals surface area contributed by atoms with Crippen molar-refractivity contribution in [2.45, 2.75) is 6.04 Å². The summed E-state index contributed by atoms with van der Waals surface area (Å²) in [5.74, 6) is -1.61. The first-order chi connectivity index (χ1) is 7.50. The Hall–Kier alpha value is -2.08. The highest BCUT2D eigenvalue weighted by atomic mass is 16.4. The Morgan fingerprint density at radius 1 is 1.56 bits per heavy atom. The number of fused-ring (bicyclic) bond motifs is 1. The topological polar surface area (TPSA) is 98.5 Å². The van der Waals surface area contributed by atoms with Crippen LogP contribution in [0.5, 0.6) is 0 Å². The van der Waals surface area contributed by atoms with Gasteiger partial charge in [-0.2, -0.15) is 0 Å². The van der Waals surface area contributed by atoms with Crippen molar-refractivity contribution in [2.75, 3.05) is 0 Å². The zero-order chi connectivity index (χ0) is 11.9. The maximum atomic E-state index is 11.2. The molecule has 2 rings (SSSR count). The van der Waals surface area contributed by atoms with Gasteiger partial charge in [-0.05, 0) is 17.7 Å². The molecule has 0 amide bonds. The molecule has 3 N–H and O–H groups in total. The van der Waals surface area contributed by atoms with E-state index in [2.05, 4.69) is 0 Å². The summed E-state index contributed by atoms with van der Waals surface area (Å²) in [6.07, 6.45) is 0. The Morgan fingerprint density at radius 2 is 2.25 bits per heavy atom. The first-order valence-electron chi connectivity index (χ1n) is 4.58. The normalized spacial score (nSPS) is 12.9. The van der Waals surface area contributed by atoms with Gasteiger partial charge in [0.05, 0.1) is 5.52 Å². The fraction of sp³-hybridized carbons (Fsp3) is 0.200. The van der Waals surface area contributed by atoms with Crippen molar-refractivity contribution in [3.8, 4) is 0 Å². The molecule has 1 heterocycles. The zero-order valence-electron chi connectivity index (χ0n) is 8.51. The molecule has 16 heavy (non-hydrogen) atoms. The molecule has 1 unspecified atom stereocenters. The molecular formula is C10H10N2O4. The van der Waals surface area contributed by atoms with Crippen LogP contribution in [0.15, 0.2) is 27.4 Å². The fourth-order valence-electron chi connectivity index (χ4n) is 1.48. The molecule has 1 atom stereocenters. The number of carboxylic acid groups (broad SMARTS) is 1. The first kappa shape index (κ1) is 10.4. The van der Waals surface area contributed by atoms with Crippen LogP contribution in [0.4, 0.5) is 0 Å². The molecule has 0 spiro atoms. The smallest absolute Gasteiger partial charge is 0.419 e. The van der Waals surface area contributed by atoms with Crippen LogP contribution in [0.3, 0.4) is 0 Å². The number of nitrogens with zero attached hydrogens (tertiary/aromatic N) is 1. The molecule has 2 aromatic rings. The maximum absolute atomic E-state index is 11.2. The average Bonchev–Trinajstić information content (AvgIpc) is 2.53. The molecule has 0 radical (unpaired) electrons. The molecule has 0 saturated carbocycles. The van der Waals surface area contributed by atoms with Gasteiger partial charge in [-0.1, -0.05) is 6.07 Å². The lowest BCUT2D eigenvalue weighted by molar-refractivity contribution is -0.138. The third-order valence-electron chi connectivity index (χ3n) is 2.44. The lowest BCUT2D eigenvalue weighted by Gasteiger charge is -2.06. The van der Waals surface area contributed by atoms with E-state index in [1.165, 1.54) is 16.7 Å². The monoisotopic (exact) mass is 222 g/mol. The van der Waals surface area contributed by atoms with Gasteiger partial charge in [-0.3, -0.25) is 9.36 Å². The number of aliphatic carboxylic acids is 1. The van der Waals surface area contributed by atoms with Gasteiger partial charge in [0.15, 0.2) is 5.58 Å². The van der Waals surface area contributed by atoms with Gasteiger partial charge in [-0.25, -0.2) is 4.79 Å². The molecule has 0 bridgehead atoms. The summed E-state index contributed by atoms with van der Waals surface area (Å²) in [6, 6.07) is 3.51. The Balaban J connectivity index is 2.63. The van der Waals surface area contributed by atoms with Crippen LogP contribution in [-0.4, -0.2) is 15.6 Å². The molecular weight excluding hydrogens is 212 g/mol. The molecule has 0 aliphatic rings. The number of aryl methyl sites for hydroxylation is 1. The highest BCUT2D eigenvalue weighted by Crippen LogP contribution is 2.18. The molecule has 6 heteroatoms. The molecule has 0 saturated heterocycles. The van der Waals surface area contributed by atoms with Crippen molar-refractivity contribution >= 4 is 17.1 Å². The third-order valence-corrected chi connectivity index (χ3v) is 2.44. The Kier molecular flexibility index (Phi) is 2.28. The van der Waals surface area contributed by atoms with Crippen LogP contribution in [-0.2, 0) is 11.8 Å². The number of oxazole rings is 1. The van der Waals surface area contributed by atoms with Gasteiger partial charge in [0.1, 0.15) is 6.04 Å². The third kappa shape index (κ3) is 1.49. The van der Waals surface area contributed by atoms with Gasteiger partial charge in [-0.15, -0.1) is 0 Å². The molecule has 84 valence electrons. The molecule has 0 fully saturated rings. The van der Waals surface area contributed by atoms with Gasteiger partial charge in [0.2, 0.25) is 0 Å². The van der Waals surface area contributed by atoms with E-state index >= 15 is 0 Å². The maximum Gasteiger partial charge on any atom is 0.419 e. The average molecular weight is 222 g/mol. The van der Waals surface area contributed by atoms with Gasteiger partial charge < -0.3 is 15.3 Å². The van der Waals surface area contributed by atoms with Crippen LogP contribution in [0, 0.1) is 0 Å². The van der Waals surface area contributed by atoms with Crippen molar-refractivity contribution < 1.29 is 14.3 Å². The summed E-state index contributed by atoms with van der Waals surface area (Å²) < 4.78 is 6.21. The Labute approximate surface area is 89.9 Å². The van der Waals surface area contributed by atoms with E-state index < -0.39 is 17.8 Å². The number of carbonyl (C=O) groups is 1. The number of aromatic nitrogens is 1. The SMILES string of the molecule is Cn1c(=O)oc2ccc(C(N)C(=O)O)cc21. The van der Waals surface area contributed by atoms with E-state index in [-0.39, 0.29) is 0 Å². The van der Waals surface area contributed by atoms with Crippen molar-refractivity contribution in [2.24, 2.45) is 12.8 Å². The molecule has 1 aromatic heterocycles. The second kappa shape index (κ2) is 3.49. The summed E-state index contributed by atoms with van der Waals surface area (Å²) in [4.78, 5) is 21.9. The van der Waals surface area contributed by atoms with E-state index in [4.69, 9.17) is 15.3 Å². The highest BCUT2D eigenvalue weighted by molar-refractivity contribution is 5.79. The van der Waals surface area contributed by atoms with Crippen molar-refractivity contribution in [1.29, 1.82) is 0 Å². The summed E-state index contributed by atoms with van der Waals surface area (Å²) >= 11 is 0. The Morgan fingerprint density at radius 3 is 2.88 bits per heavy atom. The lowest BCUT2D eigenvalue weighted by atomic mass is 10.1. The largest absolute Gasteiger partial charge is 0.480 e. The minimum absolute atomic E-state index is 0.411. The van der Waals surface area contributed by atoms with Gasteiger partial charge in [0, 0.05) is 7.05 Å². The number of hydrogen-bond donors (Lipinski definition) is 2. The van der Waals surface area contributed by atoms with E-state index in [9.17, 15) is 9.59 Å². The number of carboxylic acids is 1. The molecule has 1 aromatic carbocycles. The van der Waals surface area contributed by atoms with Crippen LogP contribution >= 0.6 is 0 Å². The number of hydrogen-bond acceptors (Lipinski definition) is 4. The quantitative estimate of drug-likeness (QED) is 0.757. The van der Waals surface area contributed by atoms with Crippen molar-refractivity contribution in [3.05, 3.63) is 34.3 Å². The van der Waals surface area contributed by atoms with Gasteiger partial charge in [0.25, 0.3) is 0 Å². The lowest BCUT2D eigenvalue weighted by Crippen LogP contribution is -2.20. The summed E-state index contributed by atoms with van der Waals surface area (Å²) in [7, 11) is 1.55. The van der Waals surface area contributed by atoms with Gasteiger partial charge >= 0.3 is 11.7 Å². The number of benzene rings is 1. The second-order valence-corrected chi connectivity index (χ2v) is 3.47. The predicted molar refractivity (Wildman–Crippen MR) is 56.0 cm³/mol. The van der Waals surface area contributed by atoms with E-state index in [0.717, 1.165) is 0 Å². The van der Waals surface area contributed by atoms with E-state index in [0.29, 0.717) is 16.7 Å². The van der Waals surface area contributed by atoms with E-state index in [1.54, 1.807) is 13.1 Å². The summed E-state index contributed by atoms with van der Waals surface area (Å²) in [5, 5.41) is 8.77. The van der Waals surface area contributed by atoms with Crippen LogP contribution < -0.4 is 11.5 Å². The van der Waals surface area contributed by atoms with Crippen molar-refractivity contribution in [3.63, 3.8) is 0 Å². The number of nitrogens with two attached hydrogens (primary N) is 1. The van der Waals surface area contributed by atoms with E-state index in [1.807, 2.05) is 0 Å². The van der Waals surface area contributed by atoms with Crippen LogP contribution in [0.25, 0.3) is 11.1 Å². The highest BCUT2D eigenvalue weighted by Gasteiger charge is 2.16. The number of rotatable bonds is 2.